The van der Waals surface area contributed by atoms with E-state index in [-0.39, 0.29) is 10.7 Å². The molecule has 1 aromatic heterocycles. The van der Waals surface area contributed by atoms with Crippen molar-refractivity contribution >= 4 is 64.1 Å². The molecule has 2 heterocycles. The number of benzene rings is 2. The Morgan fingerprint density at radius 3 is 2.18 bits per heavy atom. The number of anilines is 1. The summed E-state index contributed by atoms with van der Waals surface area (Å²) in [5.74, 6) is -0.988. The summed E-state index contributed by atoms with van der Waals surface area (Å²) in [6.45, 7) is 7.75. The van der Waals surface area contributed by atoms with E-state index in [1.807, 2.05) is 62.6 Å². The molecule has 1 fully saturated rings. The summed E-state index contributed by atoms with van der Waals surface area (Å²) in [5, 5.41) is 3.62. The van der Waals surface area contributed by atoms with Crippen LogP contribution in [0.25, 0.3) is 11.8 Å². The molecule has 2 aromatic carbocycles. The average Bonchev–Trinajstić information content (AvgIpc) is 2.99. The lowest BCUT2D eigenvalue weighted by atomic mass is 10.1. The predicted octanol–water partition coefficient (Wildman–Crippen LogP) is 5.85. The summed E-state index contributed by atoms with van der Waals surface area (Å²) >= 11 is 17.6. The molecule has 33 heavy (non-hydrogen) atoms. The van der Waals surface area contributed by atoms with E-state index in [2.05, 4.69) is 5.32 Å². The fraction of sp³-hybridized carbons (Fsp3) is 0.160. The van der Waals surface area contributed by atoms with Crippen molar-refractivity contribution in [3.63, 3.8) is 0 Å². The van der Waals surface area contributed by atoms with E-state index in [1.54, 1.807) is 18.2 Å². The van der Waals surface area contributed by atoms with Gasteiger partial charge < -0.3 is 4.57 Å². The largest absolute Gasteiger partial charge is 0.318 e. The van der Waals surface area contributed by atoms with Gasteiger partial charge in [-0.25, -0.2) is 0 Å². The fourth-order valence-electron chi connectivity index (χ4n) is 4.08. The smallest absolute Gasteiger partial charge is 0.270 e. The molecular weight excluding hydrogens is 477 g/mol. The SMILES string of the molecule is Cc1cc(C)cc(N2C(=O)/C(=C\c3cc(C)n(-c4ccc(Cl)c(Cl)c4)c3C)C(=O)NC2=S)c1. The van der Waals surface area contributed by atoms with Gasteiger partial charge in [0.1, 0.15) is 5.57 Å². The normalized spacial score (nSPS) is 15.4. The Morgan fingerprint density at radius 1 is 0.879 bits per heavy atom. The van der Waals surface area contributed by atoms with Gasteiger partial charge in [-0.2, -0.15) is 0 Å². The number of thiocarbonyl (C=S) groups is 1. The molecule has 0 unspecified atom stereocenters. The Kier molecular flexibility index (Phi) is 6.18. The quantitative estimate of drug-likeness (QED) is 0.280. The molecule has 0 bridgehead atoms. The van der Waals surface area contributed by atoms with Crippen LogP contribution in [0.3, 0.4) is 0 Å². The van der Waals surface area contributed by atoms with Crippen LogP contribution in [-0.2, 0) is 9.59 Å². The van der Waals surface area contributed by atoms with Crippen LogP contribution in [0.4, 0.5) is 5.69 Å². The average molecular weight is 498 g/mol. The van der Waals surface area contributed by atoms with Crippen LogP contribution < -0.4 is 10.2 Å². The van der Waals surface area contributed by atoms with E-state index in [0.29, 0.717) is 15.7 Å². The first-order valence-corrected chi connectivity index (χ1v) is 11.4. The highest BCUT2D eigenvalue weighted by atomic mass is 35.5. The molecule has 5 nitrogen and oxygen atoms in total. The van der Waals surface area contributed by atoms with Crippen molar-refractivity contribution in [2.75, 3.05) is 4.90 Å². The zero-order chi connectivity index (χ0) is 24.0. The zero-order valence-corrected chi connectivity index (χ0v) is 20.8. The number of carbonyl (C=O) groups excluding carboxylic acids is 2. The summed E-state index contributed by atoms with van der Waals surface area (Å²) in [6.07, 6.45) is 1.60. The maximum Gasteiger partial charge on any atom is 0.270 e. The summed E-state index contributed by atoms with van der Waals surface area (Å²) in [5.41, 5.74) is 5.97. The van der Waals surface area contributed by atoms with E-state index in [9.17, 15) is 9.59 Å². The van der Waals surface area contributed by atoms with Gasteiger partial charge in [-0.15, -0.1) is 0 Å². The van der Waals surface area contributed by atoms with Crippen LogP contribution in [0.2, 0.25) is 10.0 Å². The number of carbonyl (C=O) groups is 2. The van der Waals surface area contributed by atoms with Crippen molar-refractivity contribution in [1.82, 2.24) is 9.88 Å². The topological polar surface area (TPSA) is 54.3 Å². The lowest BCUT2D eigenvalue weighted by molar-refractivity contribution is -0.122. The first-order chi connectivity index (χ1) is 15.6. The highest BCUT2D eigenvalue weighted by molar-refractivity contribution is 7.80. The van der Waals surface area contributed by atoms with Crippen molar-refractivity contribution in [1.29, 1.82) is 0 Å². The van der Waals surface area contributed by atoms with Crippen LogP contribution in [0.15, 0.2) is 48.0 Å². The van der Waals surface area contributed by atoms with E-state index in [1.165, 1.54) is 4.90 Å². The van der Waals surface area contributed by atoms with E-state index < -0.39 is 11.8 Å². The summed E-state index contributed by atoms with van der Waals surface area (Å²) in [6, 6.07) is 13.0. The minimum absolute atomic E-state index is 0.0112. The van der Waals surface area contributed by atoms with Crippen LogP contribution in [-0.4, -0.2) is 21.5 Å². The first kappa shape index (κ1) is 23.2. The van der Waals surface area contributed by atoms with E-state index >= 15 is 0 Å². The van der Waals surface area contributed by atoms with Gasteiger partial charge in [0.25, 0.3) is 11.8 Å². The highest BCUT2D eigenvalue weighted by Crippen LogP contribution is 2.29. The second kappa shape index (κ2) is 8.78. The molecular formula is C25H21Cl2N3O2S. The fourth-order valence-corrected chi connectivity index (χ4v) is 4.66. The molecule has 1 N–H and O–H groups in total. The molecule has 0 atom stereocenters. The van der Waals surface area contributed by atoms with Gasteiger partial charge in [0.15, 0.2) is 5.11 Å². The Bertz CT molecular complexity index is 1350. The summed E-state index contributed by atoms with van der Waals surface area (Å²) in [7, 11) is 0. The zero-order valence-electron chi connectivity index (χ0n) is 18.5. The first-order valence-electron chi connectivity index (χ1n) is 10.2. The number of rotatable bonds is 3. The predicted molar refractivity (Wildman–Crippen MR) is 137 cm³/mol. The van der Waals surface area contributed by atoms with Gasteiger partial charge in [-0.3, -0.25) is 19.8 Å². The number of aryl methyl sites for hydroxylation is 3. The van der Waals surface area contributed by atoms with Gasteiger partial charge in [0, 0.05) is 17.1 Å². The standard InChI is InChI=1S/C25H21Cl2N3O2S/c1-13-7-14(2)9-19(8-13)30-24(32)20(23(31)28-25(30)33)11-17-10-15(3)29(16(17)4)18-5-6-21(26)22(27)12-18/h5-12H,1-4H3,(H,28,31,33)/b20-11-. The minimum atomic E-state index is -0.523. The van der Waals surface area contributed by atoms with Gasteiger partial charge >= 0.3 is 0 Å². The number of amides is 2. The molecule has 0 aliphatic carbocycles. The number of hydrogen-bond donors (Lipinski definition) is 1. The summed E-state index contributed by atoms with van der Waals surface area (Å²) in [4.78, 5) is 27.5. The van der Waals surface area contributed by atoms with Gasteiger partial charge in [-0.1, -0.05) is 29.3 Å². The minimum Gasteiger partial charge on any atom is -0.318 e. The van der Waals surface area contributed by atoms with Crippen molar-refractivity contribution in [3.8, 4) is 5.69 Å². The van der Waals surface area contributed by atoms with Crippen molar-refractivity contribution in [3.05, 3.63) is 86.2 Å². The maximum atomic E-state index is 13.4. The Hall–Kier alpha value is -2.93. The molecule has 4 rings (SSSR count). The molecule has 2 amide bonds. The van der Waals surface area contributed by atoms with E-state index in [0.717, 1.165) is 33.8 Å². The van der Waals surface area contributed by atoms with Crippen molar-refractivity contribution in [2.45, 2.75) is 27.7 Å². The monoisotopic (exact) mass is 497 g/mol. The molecule has 0 spiro atoms. The Morgan fingerprint density at radius 2 is 1.55 bits per heavy atom. The van der Waals surface area contributed by atoms with Gasteiger partial charge in [0.2, 0.25) is 0 Å². The van der Waals surface area contributed by atoms with Crippen molar-refractivity contribution < 1.29 is 9.59 Å². The second-order valence-electron chi connectivity index (χ2n) is 8.06. The van der Waals surface area contributed by atoms with Crippen LogP contribution in [0.5, 0.6) is 0 Å². The highest BCUT2D eigenvalue weighted by Gasteiger charge is 2.35. The van der Waals surface area contributed by atoms with Crippen molar-refractivity contribution in [2.24, 2.45) is 0 Å². The number of aromatic nitrogens is 1. The molecule has 8 heteroatoms. The van der Waals surface area contributed by atoms with E-state index in [4.69, 9.17) is 35.4 Å². The molecule has 1 aliphatic heterocycles. The maximum absolute atomic E-state index is 13.4. The third-order valence-electron chi connectivity index (χ3n) is 5.50. The lowest BCUT2D eigenvalue weighted by Gasteiger charge is -2.29. The van der Waals surface area contributed by atoms with Crippen LogP contribution in [0, 0.1) is 27.7 Å². The second-order valence-corrected chi connectivity index (χ2v) is 9.27. The Balaban J connectivity index is 1.78. The third-order valence-corrected chi connectivity index (χ3v) is 6.52. The molecule has 0 radical (unpaired) electrons. The molecule has 1 saturated heterocycles. The lowest BCUT2D eigenvalue weighted by Crippen LogP contribution is -2.54. The molecule has 168 valence electrons. The van der Waals surface area contributed by atoms with Crippen LogP contribution >= 0.6 is 35.4 Å². The molecule has 0 saturated carbocycles. The molecule has 3 aromatic rings. The number of halogens is 2. The van der Waals surface area contributed by atoms with Crippen LogP contribution in [0.1, 0.15) is 28.1 Å². The number of nitrogens with zero attached hydrogens (tertiary/aromatic N) is 2. The third kappa shape index (κ3) is 4.34. The number of hydrogen-bond acceptors (Lipinski definition) is 3. The number of nitrogens with one attached hydrogen (secondary N) is 1. The Labute approximate surface area is 207 Å². The molecule has 1 aliphatic rings. The summed E-state index contributed by atoms with van der Waals surface area (Å²) < 4.78 is 1.99. The van der Waals surface area contributed by atoms with Gasteiger partial charge in [0.05, 0.1) is 15.7 Å². The van der Waals surface area contributed by atoms with Gasteiger partial charge in [-0.05, 0) is 99.1 Å².